The molecule has 0 saturated heterocycles. The van der Waals surface area contributed by atoms with Gasteiger partial charge >= 0.3 is 5.97 Å². The third-order valence-electron chi connectivity index (χ3n) is 3.71. The Morgan fingerprint density at radius 1 is 1.32 bits per heavy atom. The fraction of sp³-hybridized carbons (Fsp3) is 0.375. The normalized spacial score (nSPS) is 12.9. The molecule has 0 spiro atoms. The average Bonchev–Trinajstić information content (AvgIpc) is 3.00. The largest absolute Gasteiger partial charge is 0.481 e. The Balaban J connectivity index is 1.82. The number of aromatic nitrogens is 3. The Morgan fingerprint density at radius 2 is 2.23 bits per heavy atom. The zero-order valence-corrected chi connectivity index (χ0v) is 12.2. The molecule has 0 amide bonds. The standard InChI is InChI=1S/C16H18N4O2/c21-14(22)7-3-9-18-16-12-5-1-6-13(12)19-15(20-16)11-4-2-8-17-10-11/h2,4,8,10H,1,3,5-7,9H2,(H,21,22)(H,18,19,20). The quantitative estimate of drug-likeness (QED) is 0.796. The molecule has 2 aromatic heterocycles. The van der Waals surface area contributed by atoms with Gasteiger partial charge in [-0.3, -0.25) is 9.78 Å². The molecule has 22 heavy (non-hydrogen) atoms. The fourth-order valence-corrected chi connectivity index (χ4v) is 2.65. The van der Waals surface area contributed by atoms with Crippen molar-refractivity contribution in [1.82, 2.24) is 15.0 Å². The maximum Gasteiger partial charge on any atom is 0.303 e. The molecule has 0 saturated carbocycles. The summed E-state index contributed by atoms with van der Waals surface area (Å²) in [5.74, 6) is 0.743. The molecule has 0 unspecified atom stereocenters. The number of aryl methyl sites for hydroxylation is 1. The SMILES string of the molecule is O=C(O)CCCNc1nc(-c2cccnc2)nc2c1CCC2. The van der Waals surface area contributed by atoms with E-state index in [0.29, 0.717) is 18.8 Å². The van der Waals surface area contributed by atoms with Crippen LogP contribution in [0.15, 0.2) is 24.5 Å². The number of hydrogen-bond donors (Lipinski definition) is 2. The Morgan fingerprint density at radius 3 is 3.00 bits per heavy atom. The summed E-state index contributed by atoms with van der Waals surface area (Å²) in [4.78, 5) is 24.0. The predicted molar refractivity (Wildman–Crippen MR) is 82.6 cm³/mol. The van der Waals surface area contributed by atoms with Gasteiger partial charge in [-0.25, -0.2) is 9.97 Å². The van der Waals surface area contributed by atoms with Crippen molar-refractivity contribution in [2.75, 3.05) is 11.9 Å². The first-order valence-corrected chi connectivity index (χ1v) is 7.50. The molecule has 0 aromatic carbocycles. The summed E-state index contributed by atoms with van der Waals surface area (Å²) in [6.45, 7) is 0.599. The lowest BCUT2D eigenvalue weighted by Gasteiger charge is -2.12. The van der Waals surface area contributed by atoms with Crippen LogP contribution in [-0.4, -0.2) is 32.6 Å². The van der Waals surface area contributed by atoms with Gasteiger partial charge in [0.15, 0.2) is 5.82 Å². The molecule has 0 bridgehead atoms. The summed E-state index contributed by atoms with van der Waals surface area (Å²) >= 11 is 0. The van der Waals surface area contributed by atoms with E-state index in [1.807, 2.05) is 12.1 Å². The maximum absolute atomic E-state index is 10.6. The minimum Gasteiger partial charge on any atom is -0.481 e. The van der Waals surface area contributed by atoms with Crippen LogP contribution < -0.4 is 5.32 Å². The Bertz CT molecular complexity index is 673. The van der Waals surface area contributed by atoms with Crippen LogP contribution in [0.4, 0.5) is 5.82 Å². The second-order valence-corrected chi connectivity index (χ2v) is 5.34. The molecule has 6 nitrogen and oxygen atoms in total. The van der Waals surface area contributed by atoms with Crippen molar-refractivity contribution < 1.29 is 9.90 Å². The summed E-state index contributed by atoms with van der Waals surface area (Å²) in [5, 5.41) is 12.0. The second kappa shape index (κ2) is 6.51. The number of hydrogen-bond acceptors (Lipinski definition) is 5. The van der Waals surface area contributed by atoms with Crippen LogP contribution >= 0.6 is 0 Å². The molecule has 2 N–H and O–H groups in total. The van der Waals surface area contributed by atoms with Crippen LogP contribution in [0, 0.1) is 0 Å². The van der Waals surface area contributed by atoms with Crippen LogP contribution in [0.1, 0.15) is 30.5 Å². The van der Waals surface area contributed by atoms with E-state index >= 15 is 0 Å². The van der Waals surface area contributed by atoms with Crippen molar-refractivity contribution in [3.05, 3.63) is 35.8 Å². The van der Waals surface area contributed by atoms with Crippen LogP contribution in [0.2, 0.25) is 0 Å². The fourth-order valence-electron chi connectivity index (χ4n) is 2.65. The highest BCUT2D eigenvalue weighted by Gasteiger charge is 2.19. The van der Waals surface area contributed by atoms with E-state index in [1.165, 1.54) is 5.56 Å². The molecular formula is C16H18N4O2. The summed E-state index contributed by atoms with van der Waals surface area (Å²) in [5.41, 5.74) is 3.16. The van der Waals surface area contributed by atoms with Crippen molar-refractivity contribution in [2.45, 2.75) is 32.1 Å². The molecule has 114 valence electrons. The van der Waals surface area contributed by atoms with E-state index in [-0.39, 0.29) is 6.42 Å². The first-order chi connectivity index (χ1) is 10.7. The number of nitrogens with zero attached hydrogens (tertiary/aromatic N) is 3. The number of nitrogens with one attached hydrogen (secondary N) is 1. The molecule has 1 aliphatic carbocycles. The van der Waals surface area contributed by atoms with Gasteiger partial charge in [-0.1, -0.05) is 0 Å². The molecule has 0 aliphatic heterocycles. The van der Waals surface area contributed by atoms with Gasteiger partial charge in [0.25, 0.3) is 0 Å². The maximum atomic E-state index is 10.6. The van der Waals surface area contributed by atoms with Gasteiger partial charge in [0, 0.05) is 42.2 Å². The van der Waals surface area contributed by atoms with E-state index in [0.717, 1.165) is 36.3 Å². The van der Waals surface area contributed by atoms with Gasteiger partial charge in [-0.05, 0) is 37.8 Å². The van der Waals surface area contributed by atoms with Crippen molar-refractivity contribution >= 4 is 11.8 Å². The topological polar surface area (TPSA) is 88.0 Å². The number of aliphatic carboxylic acids is 1. The number of carbonyl (C=O) groups is 1. The lowest BCUT2D eigenvalue weighted by atomic mass is 10.2. The minimum atomic E-state index is -0.772. The summed E-state index contributed by atoms with van der Waals surface area (Å²) < 4.78 is 0. The predicted octanol–water partition coefficient (Wildman–Crippen LogP) is 2.30. The van der Waals surface area contributed by atoms with Gasteiger partial charge in [0.1, 0.15) is 5.82 Å². The van der Waals surface area contributed by atoms with Gasteiger partial charge in [0.2, 0.25) is 0 Å². The average molecular weight is 298 g/mol. The number of anilines is 1. The lowest BCUT2D eigenvalue weighted by Crippen LogP contribution is -2.10. The van der Waals surface area contributed by atoms with Crippen molar-refractivity contribution in [3.8, 4) is 11.4 Å². The smallest absolute Gasteiger partial charge is 0.303 e. The zero-order chi connectivity index (χ0) is 15.4. The number of fused-ring (bicyclic) bond motifs is 1. The number of carboxylic acid groups (broad SMARTS) is 1. The lowest BCUT2D eigenvalue weighted by molar-refractivity contribution is -0.137. The van der Waals surface area contributed by atoms with Crippen molar-refractivity contribution in [3.63, 3.8) is 0 Å². The van der Waals surface area contributed by atoms with Crippen molar-refractivity contribution in [1.29, 1.82) is 0 Å². The minimum absolute atomic E-state index is 0.162. The van der Waals surface area contributed by atoms with Gasteiger partial charge < -0.3 is 10.4 Å². The van der Waals surface area contributed by atoms with Gasteiger partial charge in [-0.2, -0.15) is 0 Å². The number of carboxylic acids is 1. The molecule has 0 fully saturated rings. The van der Waals surface area contributed by atoms with E-state index in [9.17, 15) is 4.79 Å². The molecule has 3 rings (SSSR count). The third-order valence-corrected chi connectivity index (χ3v) is 3.71. The van der Waals surface area contributed by atoms with E-state index in [4.69, 9.17) is 5.11 Å². The third kappa shape index (κ3) is 3.21. The highest BCUT2D eigenvalue weighted by molar-refractivity contribution is 5.66. The number of rotatable bonds is 6. The second-order valence-electron chi connectivity index (χ2n) is 5.34. The zero-order valence-electron chi connectivity index (χ0n) is 12.2. The molecule has 0 radical (unpaired) electrons. The highest BCUT2D eigenvalue weighted by atomic mass is 16.4. The van der Waals surface area contributed by atoms with Crippen molar-refractivity contribution in [2.24, 2.45) is 0 Å². The summed E-state index contributed by atoms with van der Waals surface area (Å²) in [6, 6.07) is 3.81. The molecule has 0 atom stereocenters. The Hall–Kier alpha value is -2.50. The first kappa shape index (κ1) is 14.4. The number of pyridine rings is 1. The molecule has 1 aliphatic rings. The molecular weight excluding hydrogens is 280 g/mol. The molecule has 2 aromatic rings. The summed E-state index contributed by atoms with van der Waals surface area (Å²) in [6.07, 6.45) is 7.25. The first-order valence-electron chi connectivity index (χ1n) is 7.50. The van der Waals surface area contributed by atoms with Crippen LogP contribution in [0.3, 0.4) is 0 Å². The van der Waals surface area contributed by atoms with Crippen LogP contribution in [0.25, 0.3) is 11.4 Å². The summed E-state index contributed by atoms with van der Waals surface area (Å²) in [7, 11) is 0. The van der Waals surface area contributed by atoms with Gasteiger partial charge in [0.05, 0.1) is 0 Å². The Labute approximate surface area is 128 Å². The monoisotopic (exact) mass is 298 g/mol. The van der Waals surface area contributed by atoms with E-state index in [2.05, 4.69) is 20.3 Å². The Kier molecular flexibility index (Phi) is 4.27. The molecule has 6 heteroatoms. The molecule has 2 heterocycles. The van der Waals surface area contributed by atoms with Gasteiger partial charge in [-0.15, -0.1) is 0 Å². The highest BCUT2D eigenvalue weighted by Crippen LogP contribution is 2.28. The van der Waals surface area contributed by atoms with Crippen LogP contribution in [0.5, 0.6) is 0 Å². The van der Waals surface area contributed by atoms with E-state index < -0.39 is 5.97 Å². The van der Waals surface area contributed by atoms with Crippen LogP contribution in [-0.2, 0) is 17.6 Å². The van der Waals surface area contributed by atoms with E-state index in [1.54, 1.807) is 12.4 Å².